The Kier molecular flexibility index (Phi) is 10.0. The van der Waals surface area contributed by atoms with Crippen LogP contribution in [0.1, 0.15) is 51.9 Å². The Morgan fingerprint density at radius 1 is 0.941 bits per heavy atom. The molecule has 0 aromatic heterocycles. The molecule has 1 heteroatoms. The largest absolute Gasteiger partial charge is 0.132 e. The van der Waals surface area contributed by atoms with Crippen LogP contribution in [0.4, 0.5) is 0 Å². The van der Waals surface area contributed by atoms with E-state index in [-0.39, 0.29) is 0 Å². The lowest BCUT2D eigenvalue weighted by Gasteiger charge is -2.02. The van der Waals surface area contributed by atoms with Gasteiger partial charge in [-0.2, -0.15) is 0 Å². The monoisotopic (exact) mass is 248 g/mol. The predicted molar refractivity (Wildman–Crippen MR) is 81.8 cm³/mol. The molecular weight excluding hydrogens is 220 g/mol. The Balaban J connectivity index is 3.46. The fourth-order valence-corrected chi connectivity index (χ4v) is 2.00. The van der Waals surface area contributed by atoms with Gasteiger partial charge in [0.05, 0.1) is 0 Å². The first kappa shape index (κ1) is 16.3. The average Bonchev–Trinajstić information content (AvgIpc) is 2.24. The van der Waals surface area contributed by atoms with Crippen LogP contribution in [0, 0.1) is 11.5 Å². The van der Waals surface area contributed by atoms with Gasteiger partial charge < -0.3 is 0 Å². The Labute approximate surface area is 109 Å². The third-order valence-electron chi connectivity index (χ3n) is 2.30. The normalized spacial score (nSPS) is 10.1. The van der Waals surface area contributed by atoms with E-state index in [1.54, 1.807) is 0 Å². The zero-order valence-corrected chi connectivity index (χ0v) is 13.1. The molecule has 0 atom stereocenters. The molecule has 0 N–H and O–H groups in total. The zero-order valence-electron chi connectivity index (χ0n) is 12.1. The van der Waals surface area contributed by atoms with E-state index in [1.807, 2.05) is 0 Å². The molecule has 0 unspecified atom stereocenters. The van der Waals surface area contributed by atoms with Crippen LogP contribution in [-0.2, 0) is 0 Å². The fourth-order valence-electron chi connectivity index (χ4n) is 1.34. The van der Waals surface area contributed by atoms with E-state index in [4.69, 9.17) is 0 Å². The molecule has 0 aliphatic rings. The van der Waals surface area contributed by atoms with Gasteiger partial charge in [-0.3, -0.25) is 0 Å². The summed E-state index contributed by atoms with van der Waals surface area (Å²) in [6.07, 6.45) is 12.8. The molecule has 0 amide bonds. The van der Waals surface area contributed by atoms with Crippen LogP contribution in [0.5, 0.6) is 0 Å². The average molecular weight is 248 g/mol. The Bertz CT molecular complexity index is 290. The lowest BCUT2D eigenvalue weighted by atomic mass is 10.2. The van der Waals surface area contributed by atoms with E-state index in [2.05, 4.69) is 55.9 Å². The zero-order chi connectivity index (χ0) is 13.0. The SMILES string of the molecule is CCCCC=C=CCCCCC#C[Si](C)(C)C. The molecule has 0 fully saturated rings. The minimum Gasteiger partial charge on any atom is -0.132 e. The van der Waals surface area contributed by atoms with Crippen LogP contribution in [0.2, 0.25) is 19.6 Å². The molecule has 0 spiro atoms. The number of allylic oxidation sites excluding steroid dienone is 1. The van der Waals surface area contributed by atoms with E-state index in [0.717, 1.165) is 12.8 Å². The summed E-state index contributed by atoms with van der Waals surface area (Å²) in [5.41, 5.74) is 6.66. The van der Waals surface area contributed by atoms with Gasteiger partial charge in [0, 0.05) is 6.42 Å². The van der Waals surface area contributed by atoms with Crippen molar-refractivity contribution in [3.8, 4) is 11.5 Å². The van der Waals surface area contributed by atoms with Gasteiger partial charge in [0.2, 0.25) is 0 Å². The van der Waals surface area contributed by atoms with Gasteiger partial charge in [0.15, 0.2) is 0 Å². The van der Waals surface area contributed by atoms with E-state index in [9.17, 15) is 0 Å². The molecule has 0 saturated carbocycles. The smallest absolute Gasteiger partial charge is 0.129 e. The number of rotatable bonds is 7. The molecule has 0 saturated heterocycles. The Morgan fingerprint density at radius 2 is 1.59 bits per heavy atom. The Hall–Kier alpha value is -0.703. The summed E-state index contributed by atoms with van der Waals surface area (Å²) < 4.78 is 0. The molecule has 0 aromatic carbocycles. The van der Waals surface area contributed by atoms with Gasteiger partial charge in [0.1, 0.15) is 8.07 Å². The molecule has 0 rings (SSSR count). The molecule has 17 heavy (non-hydrogen) atoms. The summed E-state index contributed by atoms with van der Waals surface area (Å²) in [4.78, 5) is 0. The number of unbranched alkanes of at least 4 members (excludes halogenated alkanes) is 5. The maximum atomic E-state index is 3.40. The highest BCUT2D eigenvalue weighted by Gasteiger charge is 2.06. The Morgan fingerprint density at radius 3 is 2.18 bits per heavy atom. The fraction of sp³-hybridized carbons (Fsp3) is 0.688. The van der Waals surface area contributed by atoms with Gasteiger partial charge in [-0.25, -0.2) is 0 Å². The standard InChI is InChI=1S/C16H28Si/c1-5-6-7-8-9-10-11-12-13-14-15-16-17(2,3)4/h8,10H,5-7,11-14H2,1-4H3. The van der Waals surface area contributed by atoms with Gasteiger partial charge in [-0.15, -0.1) is 17.2 Å². The van der Waals surface area contributed by atoms with E-state index < -0.39 is 8.07 Å². The van der Waals surface area contributed by atoms with Crippen molar-refractivity contribution in [1.82, 2.24) is 0 Å². The maximum absolute atomic E-state index is 3.40. The molecule has 0 aromatic rings. The highest BCUT2D eigenvalue weighted by Crippen LogP contribution is 2.01. The van der Waals surface area contributed by atoms with Crippen LogP contribution in [0.15, 0.2) is 17.9 Å². The van der Waals surface area contributed by atoms with Gasteiger partial charge in [0.25, 0.3) is 0 Å². The lowest BCUT2D eigenvalue weighted by molar-refractivity contribution is 0.772. The molecule has 96 valence electrons. The minimum absolute atomic E-state index is 1.07. The van der Waals surface area contributed by atoms with Crippen LogP contribution in [0.25, 0.3) is 0 Å². The quantitative estimate of drug-likeness (QED) is 0.247. The van der Waals surface area contributed by atoms with Crippen molar-refractivity contribution in [3.05, 3.63) is 17.9 Å². The summed E-state index contributed by atoms with van der Waals surface area (Å²) >= 11 is 0. The molecular formula is C16H28Si. The van der Waals surface area contributed by atoms with Crippen molar-refractivity contribution in [2.24, 2.45) is 0 Å². The van der Waals surface area contributed by atoms with Gasteiger partial charge in [-0.05, 0) is 44.3 Å². The van der Waals surface area contributed by atoms with Gasteiger partial charge >= 0.3 is 0 Å². The topological polar surface area (TPSA) is 0 Å². The van der Waals surface area contributed by atoms with Crippen molar-refractivity contribution < 1.29 is 0 Å². The molecule has 0 nitrogen and oxygen atoms in total. The first-order chi connectivity index (χ1) is 8.06. The van der Waals surface area contributed by atoms with E-state index in [1.165, 1.54) is 32.1 Å². The van der Waals surface area contributed by atoms with Crippen molar-refractivity contribution in [2.75, 3.05) is 0 Å². The minimum atomic E-state index is -1.14. The molecule has 0 heterocycles. The van der Waals surface area contributed by atoms with Crippen LogP contribution in [-0.4, -0.2) is 8.07 Å². The number of hydrogen-bond acceptors (Lipinski definition) is 0. The second-order valence-electron chi connectivity index (χ2n) is 5.51. The van der Waals surface area contributed by atoms with Crippen LogP contribution < -0.4 is 0 Å². The van der Waals surface area contributed by atoms with Crippen molar-refractivity contribution in [2.45, 2.75) is 71.5 Å². The third kappa shape index (κ3) is 15.3. The molecule has 0 radical (unpaired) electrons. The van der Waals surface area contributed by atoms with E-state index in [0.29, 0.717) is 0 Å². The number of hydrogen-bond donors (Lipinski definition) is 0. The second kappa shape index (κ2) is 10.5. The first-order valence-corrected chi connectivity index (χ1v) is 10.5. The first-order valence-electron chi connectivity index (χ1n) is 6.95. The third-order valence-corrected chi connectivity index (χ3v) is 3.23. The van der Waals surface area contributed by atoms with Crippen molar-refractivity contribution >= 4 is 8.07 Å². The van der Waals surface area contributed by atoms with Crippen LogP contribution in [0.3, 0.4) is 0 Å². The molecule has 0 bridgehead atoms. The summed E-state index contributed by atoms with van der Waals surface area (Å²) in [7, 11) is -1.14. The summed E-state index contributed by atoms with van der Waals surface area (Å²) in [5.74, 6) is 3.31. The summed E-state index contributed by atoms with van der Waals surface area (Å²) in [5, 5.41) is 0. The van der Waals surface area contributed by atoms with Crippen molar-refractivity contribution in [3.63, 3.8) is 0 Å². The molecule has 0 aliphatic heterocycles. The lowest BCUT2D eigenvalue weighted by Crippen LogP contribution is -2.16. The highest BCUT2D eigenvalue weighted by molar-refractivity contribution is 6.83. The highest BCUT2D eigenvalue weighted by atomic mass is 28.3. The van der Waals surface area contributed by atoms with E-state index >= 15 is 0 Å². The summed E-state index contributed by atoms with van der Waals surface area (Å²) in [6.45, 7) is 9.11. The summed E-state index contributed by atoms with van der Waals surface area (Å²) in [6, 6.07) is 0. The predicted octanol–water partition coefficient (Wildman–Crippen LogP) is 5.33. The van der Waals surface area contributed by atoms with Crippen molar-refractivity contribution in [1.29, 1.82) is 0 Å². The second-order valence-corrected chi connectivity index (χ2v) is 10.3. The maximum Gasteiger partial charge on any atom is 0.129 e. The van der Waals surface area contributed by atoms with Gasteiger partial charge in [-0.1, -0.05) is 33.0 Å². The molecule has 0 aliphatic carbocycles. The van der Waals surface area contributed by atoms with Crippen LogP contribution >= 0.6 is 0 Å².